The summed E-state index contributed by atoms with van der Waals surface area (Å²) >= 11 is 1.43. The molecule has 0 amide bonds. The maximum absolute atomic E-state index is 12.1. The zero-order chi connectivity index (χ0) is 17.8. The van der Waals surface area contributed by atoms with Crippen molar-refractivity contribution < 1.29 is 9.57 Å². The Hall–Kier alpha value is -2.67. The van der Waals surface area contributed by atoms with Crippen LogP contribution in [0.4, 0.5) is 0 Å². The molecule has 3 rings (SSSR count). The molecule has 0 fully saturated rings. The summed E-state index contributed by atoms with van der Waals surface area (Å²) in [7, 11) is 0. The van der Waals surface area contributed by atoms with Crippen molar-refractivity contribution in [2.45, 2.75) is 20.8 Å². The second-order valence-corrected chi connectivity index (χ2v) is 6.52. The number of aromatic nitrogens is 2. The van der Waals surface area contributed by atoms with Gasteiger partial charge in [0.2, 0.25) is 0 Å². The van der Waals surface area contributed by atoms with Crippen molar-refractivity contribution in [2.24, 2.45) is 5.16 Å². The second-order valence-electron chi connectivity index (χ2n) is 5.54. The van der Waals surface area contributed by atoms with Crippen LogP contribution in [0.15, 0.2) is 46.3 Å². The molecule has 25 heavy (non-hydrogen) atoms. The lowest BCUT2D eigenvalue weighted by Crippen LogP contribution is -2.14. The molecule has 2 aromatic heterocycles. The number of para-hydroxylation sites is 1. The molecule has 1 aromatic carbocycles. The molecule has 0 unspecified atom stereocenters. The molecule has 0 aliphatic rings. The van der Waals surface area contributed by atoms with E-state index in [1.165, 1.54) is 17.4 Å². The number of nitrogens with zero attached hydrogens (tertiary/aromatic N) is 3. The molecule has 130 valence electrons. The molecular formula is C18H19N3O3S. The Morgan fingerprint density at radius 1 is 1.24 bits per heavy atom. The maximum Gasteiger partial charge on any atom is 0.258 e. The number of rotatable bonds is 6. The minimum absolute atomic E-state index is 0.0764. The van der Waals surface area contributed by atoms with Crippen molar-refractivity contribution in [3.8, 4) is 5.75 Å². The third-order valence-corrected chi connectivity index (χ3v) is 4.84. The lowest BCUT2D eigenvalue weighted by Gasteiger charge is -2.05. The quantitative estimate of drug-likeness (QED) is 0.386. The number of oxime groups is 1. The van der Waals surface area contributed by atoms with Gasteiger partial charge in [-0.3, -0.25) is 9.20 Å². The molecule has 0 saturated carbocycles. The van der Waals surface area contributed by atoms with Gasteiger partial charge in [-0.15, -0.1) is 0 Å². The molecule has 0 N–H and O–H groups in total. The van der Waals surface area contributed by atoms with Gasteiger partial charge < -0.3 is 9.57 Å². The standard InChI is InChI=1S/C18H19N3O3S/c1-12-11-16(22)21-14(3)17(25-18(21)19-12)13(2)20-24-10-9-23-15-7-5-4-6-8-15/h4-8,11H,9-10H2,1-3H3/b20-13+. The smallest absolute Gasteiger partial charge is 0.258 e. The average molecular weight is 357 g/mol. The van der Waals surface area contributed by atoms with Crippen LogP contribution in [-0.4, -0.2) is 28.3 Å². The fourth-order valence-corrected chi connectivity index (χ4v) is 3.56. The van der Waals surface area contributed by atoms with E-state index in [1.807, 2.05) is 51.1 Å². The molecule has 7 heteroatoms. The van der Waals surface area contributed by atoms with E-state index < -0.39 is 0 Å². The van der Waals surface area contributed by atoms with Crippen LogP contribution in [0.25, 0.3) is 4.96 Å². The summed E-state index contributed by atoms with van der Waals surface area (Å²) in [5.41, 5.74) is 2.17. The fraction of sp³-hybridized carbons (Fsp3) is 0.278. The van der Waals surface area contributed by atoms with E-state index in [2.05, 4.69) is 10.1 Å². The molecular weight excluding hydrogens is 338 g/mol. The van der Waals surface area contributed by atoms with Crippen LogP contribution in [0.3, 0.4) is 0 Å². The first-order valence-electron chi connectivity index (χ1n) is 7.91. The Labute approximate surface area is 149 Å². The predicted molar refractivity (Wildman–Crippen MR) is 98.9 cm³/mol. The Balaban J connectivity index is 1.66. The first kappa shape index (κ1) is 17.2. The van der Waals surface area contributed by atoms with Crippen LogP contribution in [0.2, 0.25) is 0 Å². The topological polar surface area (TPSA) is 65.2 Å². The summed E-state index contributed by atoms with van der Waals surface area (Å²) in [5, 5.41) is 4.14. The number of benzene rings is 1. The zero-order valence-electron chi connectivity index (χ0n) is 14.4. The number of hydrogen-bond donors (Lipinski definition) is 0. The molecule has 0 bridgehead atoms. The van der Waals surface area contributed by atoms with Crippen LogP contribution >= 0.6 is 11.3 Å². The van der Waals surface area contributed by atoms with Gasteiger partial charge in [0, 0.05) is 17.5 Å². The zero-order valence-corrected chi connectivity index (χ0v) is 15.2. The van der Waals surface area contributed by atoms with Gasteiger partial charge in [-0.05, 0) is 32.9 Å². The summed E-state index contributed by atoms with van der Waals surface area (Å²) in [6, 6.07) is 11.1. The van der Waals surface area contributed by atoms with Crippen molar-refractivity contribution in [1.29, 1.82) is 0 Å². The molecule has 0 aliphatic carbocycles. The number of thiazole rings is 1. The number of hydrogen-bond acceptors (Lipinski definition) is 6. The van der Waals surface area contributed by atoms with Crippen LogP contribution in [0, 0.1) is 13.8 Å². The monoisotopic (exact) mass is 357 g/mol. The summed E-state index contributed by atoms with van der Waals surface area (Å²) in [4.78, 5) is 23.4. The van der Waals surface area contributed by atoms with Crippen molar-refractivity contribution in [3.05, 3.63) is 63.0 Å². The molecule has 0 spiro atoms. The molecule has 2 heterocycles. The molecule has 3 aromatic rings. The number of ether oxygens (including phenoxy) is 1. The van der Waals surface area contributed by atoms with Gasteiger partial charge in [0.1, 0.15) is 12.4 Å². The Kier molecular flexibility index (Phi) is 5.14. The van der Waals surface area contributed by atoms with Crippen LogP contribution in [0.5, 0.6) is 5.75 Å². The van der Waals surface area contributed by atoms with E-state index in [0.717, 1.165) is 16.3 Å². The average Bonchev–Trinajstić information content (AvgIpc) is 2.92. The normalized spacial score (nSPS) is 11.7. The van der Waals surface area contributed by atoms with Crippen LogP contribution in [0.1, 0.15) is 23.2 Å². The first-order valence-corrected chi connectivity index (χ1v) is 8.72. The highest BCUT2D eigenvalue weighted by molar-refractivity contribution is 7.19. The Bertz CT molecular complexity index is 961. The fourth-order valence-electron chi connectivity index (χ4n) is 2.45. The van der Waals surface area contributed by atoms with E-state index >= 15 is 0 Å². The Morgan fingerprint density at radius 3 is 2.76 bits per heavy atom. The van der Waals surface area contributed by atoms with Crippen molar-refractivity contribution in [3.63, 3.8) is 0 Å². The van der Waals surface area contributed by atoms with Crippen molar-refractivity contribution in [2.75, 3.05) is 13.2 Å². The van der Waals surface area contributed by atoms with E-state index in [4.69, 9.17) is 9.57 Å². The van der Waals surface area contributed by atoms with Crippen LogP contribution < -0.4 is 10.3 Å². The molecule has 0 atom stereocenters. The van der Waals surface area contributed by atoms with Crippen molar-refractivity contribution in [1.82, 2.24) is 9.38 Å². The SMILES string of the molecule is C/C(=N\OCCOc1ccccc1)c1sc2nc(C)cc(=O)n2c1C. The minimum Gasteiger partial charge on any atom is -0.490 e. The predicted octanol–water partition coefficient (Wildman–Crippen LogP) is 3.19. The summed E-state index contributed by atoms with van der Waals surface area (Å²) in [6.45, 7) is 6.30. The van der Waals surface area contributed by atoms with Crippen molar-refractivity contribution >= 4 is 22.0 Å². The van der Waals surface area contributed by atoms with Crippen LogP contribution in [-0.2, 0) is 4.84 Å². The summed E-state index contributed by atoms with van der Waals surface area (Å²) in [6.07, 6.45) is 0. The third-order valence-electron chi connectivity index (χ3n) is 3.59. The first-order chi connectivity index (χ1) is 12.1. The highest BCUT2D eigenvalue weighted by atomic mass is 32.1. The molecule has 0 saturated heterocycles. The van der Waals surface area contributed by atoms with Gasteiger partial charge in [0.25, 0.3) is 5.56 Å². The summed E-state index contributed by atoms with van der Waals surface area (Å²) < 4.78 is 7.15. The third kappa shape index (κ3) is 3.88. The highest BCUT2D eigenvalue weighted by Crippen LogP contribution is 2.21. The van der Waals surface area contributed by atoms with Gasteiger partial charge in [-0.2, -0.15) is 0 Å². The van der Waals surface area contributed by atoms with Gasteiger partial charge in [0.05, 0.1) is 10.6 Å². The van der Waals surface area contributed by atoms with Gasteiger partial charge >= 0.3 is 0 Å². The summed E-state index contributed by atoms with van der Waals surface area (Å²) in [5.74, 6) is 0.799. The number of aryl methyl sites for hydroxylation is 2. The molecule has 6 nitrogen and oxygen atoms in total. The van der Waals surface area contributed by atoms with Gasteiger partial charge in [0.15, 0.2) is 11.6 Å². The van der Waals surface area contributed by atoms with E-state index in [-0.39, 0.29) is 5.56 Å². The second kappa shape index (κ2) is 7.48. The highest BCUT2D eigenvalue weighted by Gasteiger charge is 2.14. The minimum atomic E-state index is -0.0764. The lowest BCUT2D eigenvalue weighted by atomic mass is 10.3. The van der Waals surface area contributed by atoms with E-state index in [0.29, 0.717) is 29.6 Å². The molecule has 0 radical (unpaired) electrons. The Morgan fingerprint density at radius 2 is 2.00 bits per heavy atom. The van der Waals surface area contributed by atoms with E-state index in [1.54, 1.807) is 4.40 Å². The number of fused-ring (bicyclic) bond motifs is 1. The van der Waals surface area contributed by atoms with Gasteiger partial charge in [-0.1, -0.05) is 34.7 Å². The molecule has 0 aliphatic heterocycles. The maximum atomic E-state index is 12.1. The van der Waals surface area contributed by atoms with E-state index in [9.17, 15) is 4.79 Å². The lowest BCUT2D eigenvalue weighted by molar-refractivity contribution is 0.107. The largest absolute Gasteiger partial charge is 0.490 e. The van der Waals surface area contributed by atoms with Gasteiger partial charge in [-0.25, -0.2) is 4.98 Å².